The number of aromatic hydroxyl groups is 1. The summed E-state index contributed by atoms with van der Waals surface area (Å²) >= 11 is 4.76. The van der Waals surface area contributed by atoms with Crippen molar-refractivity contribution in [1.29, 1.82) is 0 Å². The maximum atomic E-state index is 12.0. The van der Waals surface area contributed by atoms with Crippen LogP contribution in [-0.4, -0.2) is 34.0 Å². The molecule has 1 rings (SSSR count). The number of hydrogen-bond acceptors (Lipinski definition) is 3. The zero-order valence-electron chi connectivity index (χ0n) is 9.01. The molecular weight excluding hydrogens is 224 g/mol. The zero-order valence-corrected chi connectivity index (χ0v) is 9.83. The number of hydrogen-bond donors (Lipinski definition) is 2. The topological polar surface area (TPSA) is 66.6 Å². The number of benzene rings is 1. The van der Waals surface area contributed by atoms with E-state index < -0.39 is 0 Å². The van der Waals surface area contributed by atoms with Crippen LogP contribution in [0.25, 0.3) is 0 Å². The summed E-state index contributed by atoms with van der Waals surface area (Å²) in [5.41, 5.74) is 5.66. The van der Waals surface area contributed by atoms with Crippen LogP contribution in [0.1, 0.15) is 17.3 Å². The van der Waals surface area contributed by atoms with Crippen LogP contribution >= 0.6 is 12.2 Å². The Bertz CT molecular complexity index is 407. The van der Waals surface area contributed by atoms with Crippen LogP contribution in [0.5, 0.6) is 5.75 Å². The molecule has 0 spiro atoms. The highest BCUT2D eigenvalue weighted by Gasteiger charge is 2.17. The quantitative estimate of drug-likeness (QED) is 0.772. The van der Waals surface area contributed by atoms with E-state index in [2.05, 4.69) is 0 Å². The Balaban J connectivity index is 2.91. The number of carbonyl (C=O) groups excluding carboxylic acids is 1. The van der Waals surface area contributed by atoms with E-state index in [-0.39, 0.29) is 28.8 Å². The fourth-order valence-corrected chi connectivity index (χ4v) is 1.50. The molecule has 0 aromatic heterocycles. The van der Waals surface area contributed by atoms with Gasteiger partial charge in [0.25, 0.3) is 5.91 Å². The number of phenolic OH excluding ortho intramolecular Hbond substituents is 1. The molecule has 3 N–H and O–H groups in total. The van der Waals surface area contributed by atoms with Crippen molar-refractivity contribution in [3.8, 4) is 5.75 Å². The highest BCUT2D eigenvalue weighted by atomic mass is 32.1. The molecule has 4 nitrogen and oxygen atoms in total. The van der Waals surface area contributed by atoms with Gasteiger partial charge in [-0.05, 0) is 19.1 Å². The summed E-state index contributed by atoms with van der Waals surface area (Å²) in [4.78, 5) is 13.7. The van der Waals surface area contributed by atoms with Crippen molar-refractivity contribution in [2.45, 2.75) is 6.92 Å². The second-order valence-electron chi connectivity index (χ2n) is 3.30. The first-order chi connectivity index (χ1) is 7.56. The van der Waals surface area contributed by atoms with Gasteiger partial charge >= 0.3 is 0 Å². The van der Waals surface area contributed by atoms with Crippen molar-refractivity contribution >= 4 is 23.1 Å². The predicted molar refractivity (Wildman–Crippen MR) is 66.5 cm³/mol. The minimum atomic E-state index is -0.270. The first-order valence-electron chi connectivity index (χ1n) is 4.91. The van der Waals surface area contributed by atoms with E-state index in [1.807, 2.05) is 6.92 Å². The molecule has 0 radical (unpaired) electrons. The minimum Gasteiger partial charge on any atom is -0.507 e. The number of amides is 1. The molecule has 5 heteroatoms. The Morgan fingerprint density at radius 1 is 1.50 bits per heavy atom. The third-order valence-corrected chi connectivity index (χ3v) is 2.28. The fourth-order valence-electron chi connectivity index (χ4n) is 1.34. The van der Waals surface area contributed by atoms with Crippen molar-refractivity contribution in [3.63, 3.8) is 0 Å². The summed E-state index contributed by atoms with van der Waals surface area (Å²) in [6, 6.07) is 6.40. The molecule has 0 saturated carbocycles. The van der Waals surface area contributed by atoms with E-state index in [0.29, 0.717) is 6.54 Å². The number of likely N-dealkylation sites (N-methyl/N-ethyl adjacent to an activating group) is 1. The number of carbonyl (C=O) groups is 1. The fraction of sp³-hybridized carbons (Fsp3) is 0.273. The maximum Gasteiger partial charge on any atom is 0.257 e. The van der Waals surface area contributed by atoms with Gasteiger partial charge in [0, 0.05) is 6.54 Å². The highest BCUT2D eigenvalue weighted by molar-refractivity contribution is 7.80. The predicted octanol–water partition coefficient (Wildman–Crippen LogP) is 1.14. The van der Waals surface area contributed by atoms with Gasteiger partial charge in [-0.1, -0.05) is 24.4 Å². The van der Waals surface area contributed by atoms with Gasteiger partial charge in [0.05, 0.1) is 17.1 Å². The number of nitrogens with zero attached hydrogens (tertiary/aromatic N) is 1. The molecule has 0 unspecified atom stereocenters. The van der Waals surface area contributed by atoms with Gasteiger partial charge in [0.15, 0.2) is 0 Å². The normalized spacial score (nSPS) is 9.81. The Labute approximate surface area is 99.7 Å². The highest BCUT2D eigenvalue weighted by Crippen LogP contribution is 2.17. The molecule has 1 aromatic rings. The van der Waals surface area contributed by atoms with Crippen LogP contribution in [0.3, 0.4) is 0 Å². The van der Waals surface area contributed by atoms with E-state index in [4.69, 9.17) is 18.0 Å². The molecular formula is C11H14N2O2S. The third-order valence-electron chi connectivity index (χ3n) is 2.15. The molecule has 86 valence electrons. The molecule has 0 fully saturated rings. The van der Waals surface area contributed by atoms with Crippen molar-refractivity contribution < 1.29 is 9.90 Å². The van der Waals surface area contributed by atoms with Gasteiger partial charge in [0.1, 0.15) is 5.75 Å². The van der Waals surface area contributed by atoms with Gasteiger partial charge in [-0.15, -0.1) is 0 Å². The molecule has 0 heterocycles. The standard InChI is InChI=1S/C11H14N2O2S/c1-2-13(7-10(12)16)11(15)8-5-3-4-6-9(8)14/h3-6,14H,2,7H2,1H3,(H2,12,16). The number of para-hydroxylation sites is 1. The molecule has 0 bridgehead atoms. The lowest BCUT2D eigenvalue weighted by Crippen LogP contribution is -2.37. The summed E-state index contributed by atoms with van der Waals surface area (Å²) < 4.78 is 0. The molecule has 16 heavy (non-hydrogen) atoms. The average Bonchev–Trinajstić information content (AvgIpc) is 2.25. The Kier molecular flexibility index (Phi) is 4.25. The van der Waals surface area contributed by atoms with Gasteiger partial charge in [-0.3, -0.25) is 4.79 Å². The average molecular weight is 238 g/mol. The monoisotopic (exact) mass is 238 g/mol. The molecule has 1 aromatic carbocycles. The van der Waals surface area contributed by atoms with E-state index >= 15 is 0 Å². The van der Waals surface area contributed by atoms with Crippen LogP contribution in [0.15, 0.2) is 24.3 Å². The lowest BCUT2D eigenvalue weighted by atomic mass is 10.1. The van der Waals surface area contributed by atoms with E-state index in [1.54, 1.807) is 18.2 Å². The van der Waals surface area contributed by atoms with Crippen molar-refractivity contribution in [2.75, 3.05) is 13.1 Å². The van der Waals surface area contributed by atoms with Gasteiger partial charge < -0.3 is 15.7 Å². The third kappa shape index (κ3) is 2.93. The maximum absolute atomic E-state index is 12.0. The zero-order chi connectivity index (χ0) is 12.1. The summed E-state index contributed by atoms with van der Waals surface area (Å²) in [6.45, 7) is 2.54. The Morgan fingerprint density at radius 2 is 2.12 bits per heavy atom. The number of thiocarbonyl (C=S) groups is 1. The van der Waals surface area contributed by atoms with E-state index in [0.717, 1.165) is 0 Å². The second kappa shape index (κ2) is 5.46. The van der Waals surface area contributed by atoms with E-state index in [1.165, 1.54) is 11.0 Å². The molecule has 1 amide bonds. The lowest BCUT2D eigenvalue weighted by Gasteiger charge is -2.20. The summed E-state index contributed by atoms with van der Waals surface area (Å²) in [7, 11) is 0. The van der Waals surface area contributed by atoms with Crippen molar-refractivity contribution in [1.82, 2.24) is 4.90 Å². The lowest BCUT2D eigenvalue weighted by molar-refractivity contribution is 0.0785. The van der Waals surface area contributed by atoms with Crippen LogP contribution in [0, 0.1) is 0 Å². The van der Waals surface area contributed by atoms with Crippen molar-refractivity contribution in [2.24, 2.45) is 5.73 Å². The van der Waals surface area contributed by atoms with Crippen LogP contribution in [-0.2, 0) is 0 Å². The SMILES string of the molecule is CCN(CC(N)=S)C(=O)c1ccccc1O. The molecule has 0 atom stereocenters. The number of phenols is 1. The molecule has 0 aliphatic carbocycles. The van der Waals surface area contributed by atoms with Crippen LogP contribution in [0.4, 0.5) is 0 Å². The van der Waals surface area contributed by atoms with Crippen molar-refractivity contribution in [3.05, 3.63) is 29.8 Å². The Hall–Kier alpha value is -1.62. The first-order valence-corrected chi connectivity index (χ1v) is 5.32. The largest absolute Gasteiger partial charge is 0.507 e. The summed E-state index contributed by atoms with van der Waals surface area (Å²) in [5.74, 6) is -0.303. The first kappa shape index (κ1) is 12.4. The summed E-state index contributed by atoms with van der Waals surface area (Å²) in [5, 5.41) is 9.55. The number of nitrogens with two attached hydrogens (primary N) is 1. The summed E-state index contributed by atoms with van der Waals surface area (Å²) in [6.07, 6.45) is 0. The van der Waals surface area contributed by atoms with Gasteiger partial charge in [0.2, 0.25) is 0 Å². The molecule has 0 aliphatic rings. The molecule has 0 saturated heterocycles. The van der Waals surface area contributed by atoms with Crippen LogP contribution < -0.4 is 5.73 Å². The smallest absolute Gasteiger partial charge is 0.257 e. The Morgan fingerprint density at radius 3 is 2.62 bits per heavy atom. The van der Waals surface area contributed by atoms with E-state index in [9.17, 15) is 9.90 Å². The molecule has 0 aliphatic heterocycles. The van der Waals surface area contributed by atoms with Crippen LogP contribution in [0.2, 0.25) is 0 Å². The minimum absolute atomic E-state index is 0.0334. The van der Waals surface area contributed by atoms with Gasteiger partial charge in [-0.2, -0.15) is 0 Å². The van der Waals surface area contributed by atoms with Gasteiger partial charge in [-0.25, -0.2) is 0 Å². The number of rotatable bonds is 4. The second-order valence-corrected chi connectivity index (χ2v) is 3.83.